The maximum Gasteiger partial charge on any atom is 0.315 e. The number of carbonyl (C=O) groups is 1. The van der Waals surface area contributed by atoms with Crippen LogP contribution in [0.3, 0.4) is 0 Å². The summed E-state index contributed by atoms with van der Waals surface area (Å²) in [7, 11) is 1.86. The standard InChI is InChI=1S/C17H17Cl3N6O/c1-25(17-22-13-2-3-14(20)23-15(13)24-17)4-5-26(16(21)27)9-10-6-11(18)8-12(19)7-10/h2-3,6-8H,4-5,9H2,1H3,(H2,21,27)(H,22,23,24). The Balaban J connectivity index is 1.68. The molecule has 2 amide bonds. The maximum absolute atomic E-state index is 11.8. The molecule has 1 aromatic carbocycles. The number of likely N-dealkylation sites (N-methyl/N-ethyl adjacent to an activating group) is 1. The van der Waals surface area contributed by atoms with Crippen LogP contribution in [0.1, 0.15) is 5.56 Å². The number of nitrogens with zero attached hydrogens (tertiary/aromatic N) is 4. The number of amides is 2. The van der Waals surface area contributed by atoms with Crippen molar-refractivity contribution in [1.82, 2.24) is 19.9 Å². The highest BCUT2D eigenvalue weighted by Crippen LogP contribution is 2.21. The van der Waals surface area contributed by atoms with Crippen LogP contribution < -0.4 is 10.6 Å². The first kappa shape index (κ1) is 19.5. The number of hydrogen-bond acceptors (Lipinski definition) is 4. The number of carbonyl (C=O) groups excluding carboxylic acids is 1. The van der Waals surface area contributed by atoms with Crippen LogP contribution in [0.25, 0.3) is 11.2 Å². The normalized spacial score (nSPS) is 11.0. The van der Waals surface area contributed by atoms with Crippen molar-refractivity contribution in [1.29, 1.82) is 0 Å². The van der Waals surface area contributed by atoms with Gasteiger partial charge < -0.3 is 20.5 Å². The Bertz CT molecular complexity index is 956. The van der Waals surface area contributed by atoms with E-state index >= 15 is 0 Å². The van der Waals surface area contributed by atoms with E-state index in [-0.39, 0.29) is 0 Å². The lowest BCUT2D eigenvalue weighted by Gasteiger charge is -2.24. The van der Waals surface area contributed by atoms with Gasteiger partial charge in [-0.2, -0.15) is 4.98 Å². The summed E-state index contributed by atoms with van der Waals surface area (Å²) in [4.78, 5) is 26.9. The van der Waals surface area contributed by atoms with Gasteiger partial charge >= 0.3 is 6.03 Å². The van der Waals surface area contributed by atoms with E-state index in [0.717, 1.165) is 11.1 Å². The van der Waals surface area contributed by atoms with E-state index in [1.165, 1.54) is 4.90 Å². The first-order valence-corrected chi connectivity index (χ1v) is 9.18. The highest BCUT2D eigenvalue weighted by Gasteiger charge is 2.14. The second-order valence-corrected chi connectivity index (χ2v) is 7.28. The minimum absolute atomic E-state index is 0.306. The number of halogens is 3. The molecule has 2 heterocycles. The summed E-state index contributed by atoms with van der Waals surface area (Å²) in [5, 5.41) is 1.39. The van der Waals surface area contributed by atoms with Gasteiger partial charge in [0.25, 0.3) is 0 Å². The molecule has 142 valence electrons. The summed E-state index contributed by atoms with van der Waals surface area (Å²) in [5.41, 5.74) is 7.63. The predicted molar refractivity (Wildman–Crippen MR) is 109 cm³/mol. The number of H-pyrrole nitrogens is 1. The Morgan fingerprint density at radius 1 is 1.11 bits per heavy atom. The molecule has 0 aliphatic rings. The van der Waals surface area contributed by atoms with E-state index in [9.17, 15) is 4.79 Å². The lowest BCUT2D eigenvalue weighted by atomic mass is 10.2. The smallest absolute Gasteiger partial charge is 0.315 e. The van der Waals surface area contributed by atoms with E-state index in [0.29, 0.717) is 46.4 Å². The second-order valence-electron chi connectivity index (χ2n) is 6.02. The van der Waals surface area contributed by atoms with Gasteiger partial charge in [0, 0.05) is 36.7 Å². The van der Waals surface area contributed by atoms with Crippen molar-refractivity contribution in [3.8, 4) is 0 Å². The summed E-state index contributed by atoms with van der Waals surface area (Å²) in [6.45, 7) is 1.20. The van der Waals surface area contributed by atoms with Gasteiger partial charge in [0.2, 0.25) is 5.95 Å². The molecule has 0 atom stereocenters. The molecule has 0 fully saturated rings. The Labute approximate surface area is 171 Å². The molecule has 27 heavy (non-hydrogen) atoms. The zero-order valence-electron chi connectivity index (χ0n) is 14.4. The number of primary amides is 1. The molecule has 2 aromatic heterocycles. The van der Waals surface area contributed by atoms with Gasteiger partial charge in [0.1, 0.15) is 5.15 Å². The van der Waals surface area contributed by atoms with Crippen molar-refractivity contribution in [2.45, 2.75) is 6.54 Å². The summed E-state index contributed by atoms with van der Waals surface area (Å²) < 4.78 is 0. The number of benzene rings is 1. The van der Waals surface area contributed by atoms with Crippen molar-refractivity contribution >= 4 is 57.9 Å². The third-order valence-corrected chi connectivity index (χ3v) is 4.62. The number of imidazole rings is 1. The summed E-state index contributed by atoms with van der Waals surface area (Å²) >= 11 is 17.9. The van der Waals surface area contributed by atoms with Crippen molar-refractivity contribution in [3.63, 3.8) is 0 Å². The van der Waals surface area contributed by atoms with Gasteiger partial charge in [-0.1, -0.05) is 34.8 Å². The number of rotatable bonds is 6. The van der Waals surface area contributed by atoms with Crippen LogP contribution >= 0.6 is 34.8 Å². The topological polar surface area (TPSA) is 91.1 Å². The fourth-order valence-electron chi connectivity index (χ4n) is 2.60. The zero-order valence-corrected chi connectivity index (χ0v) is 16.7. The van der Waals surface area contributed by atoms with Crippen molar-refractivity contribution in [2.24, 2.45) is 5.73 Å². The first-order valence-electron chi connectivity index (χ1n) is 8.04. The van der Waals surface area contributed by atoms with Crippen molar-refractivity contribution in [2.75, 3.05) is 25.0 Å². The number of pyridine rings is 1. The Hall–Kier alpha value is -2.22. The molecule has 0 unspecified atom stereocenters. The highest BCUT2D eigenvalue weighted by molar-refractivity contribution is 6.34. The van der Waals surface area contributed by atoms with Crippen LogP contribution in [0.4, 0.5) is 10.7 Å². The van der Waals surface area contributed by atoms with E-state index in [4.69, 9.17) is 40.5 Å². The first-order chi connectivity index (χ1) is 12.8. The van der Waals surface area contributed by atoms with Gasteiger partial charge in [-0.15, -0.1) is 0 Å². The molecule has 0 bridgehead atoms. The third-order valence-electron chi connectivity index (χ3n) is 3.97. The highest BCUT2D eigenvalue weighted by atomic mass is 35.5. The molecule has 0 aliphatic carbocycles. The largest absolute Gasteiger partial charge is 0.351 e. The number of anilines is 1. The number of urea groups is 1. The molecule has 7 nitrogen and oxygen atoms in total. The van der Waals surface area contributed by atoms with Crippen LogP contribution in [-0.4, -0.2) is 46.0 Å². The maximum atomic E-state index is 11.8. The van der Waals surface area contributed by atoms with Crippen LogP contribution in [0.5, 0.6) is 0 Å². The van der Waals surface area contributed by atoms with Crippen molar-refractivity contribution in [3.05, 3.63) is 51.1 Å². The summed E-state index contributed by atoms with van der Waals surface area (Å²) in [5.74, 6) is 0.620. The molecule has 0 aliphatic heterocycles. The summed E-state index contributed by atoms with van der Waals surface area (Å²) in [6, 6.07) is 8.11. The van der Waals surface area contributed by atoms with Crippen LogP contribution in [0.2, 0.25) is 15.2 Å². The number of aromatic amines is 1. The van der Waals surface area contributed by atoms with E-state index in [2.05, 4.69) is 15.0 Å². The van der Waals surface area contributed by atoms with E-state index in [1.807, 2.05) is 18.0 Å². The van der Waals surface area contributed by atoms with Crippen LogP contribution in [0.15, 0.2) is 30.3 Å². The zero-order chi connectivity index (χ0) is 19.6. The van der Waals surface area contributed by atoms with Gasteiger partial charge in [0.05, 0.1) is 5.52 Å². The number of fused-ring (bicyclic) bond motifs is 1. The average molecular weight is 428 g/mol. The number of hydrogen-bond donors (Lipinski definition) is 2. The molecule has 0 saturated heterocycles. The fourth-order valence-corrected chi connectivity index (χ4v) is 3.32. The molecular formula is C17H17Cl3N6O. The Kier molecular flexibility index (Phi) is 5.94. The van der Waals surface area contributed by atoms with Crippen LogP contribution in [0, 0.1) is 0 Å². The van der Waals surface area contributed by atoms with E-state index < -0.39 is 6.03 Å². The monoisotopic (exact) mass is 426 g/mol. The second kappa shape index (κ2) is 8.21. The van der Waals surface area contributed by atoms with Gasteiger partial charge in [0.15, 0.2) is 5.65 Å². The molecule has 3 aromatic rings. The van der Waals surface area contributed by atoms with Gasteiger partial charge in [-0.25, -0.2) is 9.78 Å². The molecule has 10 heteroatoms. The number of nitrogens with one attached hydrogen (secondary N) is 1. The quantitative estimate of drug-likeness (QED) is 0.583. The molecule has 0 radical (unpaired) electrons. The van der Waals surface area contributed by atoms with Crippen LogP contribution in [-0.2, 0) is 6.54 Å². The molecule has 0 spiro atoms. The Morgan fingerprint density at radius 3 is 2.48 bits per heavy atom. The molecular weight excluding hydrogens is 411 g/mol. The fraction of sp³-hybridized carbons (Fsp3) is 0.235. The lowest BCUT2D eigenvalue weighted by molar-refractivity contribution is 0.206. The minimum Gasteiger partial charge on any atom is -0.351 e. The SMILES string of the molecule is CN(CCN(Cc1cc(Cl)cc(Cl)c1)C(N)=O)c1nc2nc(Cl)ccc2[nH]1. The number of aromatic nitrogens is 3. The predicted octanol–water partition coefficient (Wildman–Crippen LogP) is 3.94. The minimum atomic E-state index is -0.530. The lowest BCUT2D eigenvalue weighted by Crippen LogP contribution is -2.40. The molecule has 3 rings (SSSR count). The summed E-state index contributed by atoms with van der Waals surface area (Å²) in [6.07, 6.45) is 0. The average Bonchev–Trinajstić information content (AvgIpc) is 3.00. The van der Waals surface area contributed by atoms with E-state index in [1.54, 1.807) is 24.3 Å². The number of nitrogens with two attached hydrogens (primary N) is 1. The molecule has 3 N–H and O–H groups in total. The third kappa shape index (κ3) is 4.94. The van der Waals surface area contributed by atoms with Gasteiger partial charge in [-0.05, 0) is 35.9 Å². The van der Waals surface area contributed by atoms with Crippen molar-refractivity contribution < 1.29 is 4.79 Å². The molecule has 0 saturated carbocycles. The Morgan fingerprint density at radius 2 is 1.81 bits per heavy atom. The van der Waals surface area contributed by atoms with Gasteiger partial charge in [-0.3, -0.25) is 0 Å².